The van der Waals surface area contributed by atoms with Crippen LogP contribution in [-0.2, 0) is 6.42 Å². The van der Waals surface area contributed by atoms with Gasteiger partial charge in [0.15, 0.2) is 5.78 Å². The van der Waals surface area contributed by atoms with Gasteiger partial charge in [0.2, 0.25) is 0 Å². The number of benzene rings is 1. The fraction of sp³-hybridized carbons (Fsp3) is 0.300. The second-order valence-electron chi connectivity index (χ2n) is 3.04. The lowest BCUT2D eigenvalue weighted by atomic mass is 10.1. The molecule has 1 aliphatic carbocycles. The lowest BCUT2D eigenvalue weighted by Gasteiger charge is -2.06. The van der Waals surface area contributed by atoms with Crippen molar-refractivity contribution in [2.45, 2.75) is 12.8 Å². The van der Waals surface area contributed by atoms with Crippen LogP contribution in [0.2, 0.25) is 0 Å². The summed E-state index contributed by atoms with van der Waals surface area (Å²) in [5, 5.41) is 0. The number of methoxy groups -OCH3 is 1. The summed E-state index contributed by atoms with van der Waals surface area (Å²) in [5.74, 6) is 0.940. The number of ether oxygens (including phenoxy) is 1. The van der Waals surface area contributed by atoms with Gasteiger partial charge in [-0.2, -0.15) is 0 Å². The molecule has 0 saturated carbocycles. The van der Waals surface area contributed by atoms with Crippen LogP contribution in [0.4, 0.5) is 0 Å². The van der Waals surface area contributed by atoms with Crippen LogP contribution in [0.15, 0.2) is 16.6 Å². The van der Waals surface area contributed by atoms with Crippen molar-refractivity contribution in [3.63, 3.8) is 0 Å². The van der Waals surface area contributed by atoms with E-state index in [1.54, 1.807) is 7.11 Å². The van der Waals surface area contributed by atoms with Gasteiger partial charge in [0.05, 0.1) is 11.6 Å². The highest BCUT2D eigenvalue weighted by Crippen LogP contribution is 2.35. The molecular formula is C10H9BrO2. The smallest absolute Gasteiger partial charge is 0.164 e. The monoisotopic (exact) mass is 240 g/mol. The number of halogens is 1. The Morgan fingerprint density at radius 1 is 1.38 bits per heavy atom. The zero-order valence-corrected chi connectivity index (χ0v) is 8.85. The minimum absolute atomic E-state index is 0.209. The maximum absolute atomic E-state index is 11.5. The molecule has 0 saturated heterocycles. The van der Waals surface area contributed by atoms with E-state index in [2.05, 4.69) is 15.9 Å². The molecule has 0 unspecified atom stereocenters. The third kappa shape index (κ3) is 1.27. The van der Waals surface area contributed by atoms with Crippen LogP contribution in [0.1, 0.15) is 22.3 Å². The number of fused-ring (bicyclic) bond motifs is 1. The molecule has 0 bridgehead atoms. The number of carbonyl (C=O) groups is 1. The Kier molecular flexibility index (Phi) is 2.12. The van der Waals surface area contributed by atoms with E-state index in [1.165, 1.54) is 0 Å². The molecule has 1 aliphatic rings. The van der Waals surface area contributed by atoms with Crippen molar-refractivity contribution in [2.24, 2.45) is 0 Å². The molecule has 1 aromatic carbocycles. The van der Waals surface area contributed by atoms with E-state index in [0.29, 0.717) is 6.42 Å². The summed E-state index contributed by atoms with van der Waals surface area (Å²) in [6, 6.07) is 3.85. The predicted octanol–water partition coefficient (Wildman–Crippen LogP) is 2.59. The van der Waals surface area contributed by atoms with Gasteiger partial charge >= 0.3 is 0 Å². The van der Waals surface area contributed by atoms with Crippen molar-refractivity contribution in [3.8, 4) is 5.75 Å². The largest absolute Gasteiger partial charge is 0.496 e. The van der Waals surface area contributed by atoms with Crippen LogP contribution < -0.4 is 4.74 Å². The molecule has 0 spiro atoms. The molecule has 1 aromatic rings. The van der Waals surface area contributed by atoms with Gasteiger partial charge in [-0.15, -0.1) is 0 Å². The molecule has 0 aliphatic heterocycles. The number of rotatable bonds is 1. The molecular weight excluding hydrogens is 232 g/mol. The van der Waals surface area contributed by atoms with Crippen molar-refractivity contribution in [3.05, 3.63) is 27.7 Å². The number of carbonyl (C=O) groups excluding carboxylic acids is 1. The van der Waals surface area contributed by atoms with Crippen LogP contribution in [0, 0.1) is 0 Å². The molecule has 2 rings (SSSR count). The first-order chi connectivity index (χ1) is 6.24. The first-order valence-corrected chi connectivity index (χ1v) is 4.92. The van der Waals surface area contributed by atoms with E-state index in [-0.39, 0.29) is 5.78 Å². The maximum atomic E-state index is 11.5. The zero-order valence-electron chi connectivity index (χ0n) is 7.26. The SMILES string of the molecule is COc1ccc2c(c1Br)C(=O)CC2. The Bertz CT molecular complexity index is 371. The summed E-state index contributed by atoms with van der Waals surface area (Å²) in [7, 11) is 1.60. The highest BCUT2D eigenvalue weighted by atomic mass is 79.9. The van der Waals surface area contributed by atoms with Crippen molar-refractivity contribution in [2.75, 3.05) is 7.11 Å². The van der Waals surface area contributed by atoms with Crippen molar-refractivity contribution in [1.82, 2.24) is 0 Å². The molecule has 3 heteroatoms. The molecule has 68 valence electrons. The number of hydrogen-bond donors (Lipinski definition) is 0. The molecule has 0 aromatic heterocycles. The van der Waals surface area contributed by atoms with Gasteiger partial charge < -0.3 is 4.74 Å². The van der Waals surface area contributed by atoms with Crippen LogP contribution in [0.25, 0.3) is 0 Å². The van der Waals surface area contributed by atoms with Gasteiger partial charge in [0.25, 0.3) is 0 Å². The Morgan fingerprint density at radius 3 is 2.85 bits per heavy atom. The maximum Gasteiger partial charge on any atom is 0.164 e. The molecule has 13 heavy (non-hydrogen) atoms. The summed E-state index contributed by atoms with van der Waals surface area (Å²) in [5.41, 5.74) is 1.93. The van der Waals surface area contributed by atoms with Crippen LogP contribution >= 0.6 is 15.9 Å². The minimum Gasteiger partial charge on any atom is -0.496 e. The van der Waals surface area contributed by atoms with Gasteiger partial charge in [-0.3, -0.25) is 4.79 Å². The summed E-state index contributed by atoms with van der Waals surface area (Å²) >= 11 is 3.39. The van der Waals surface area contributed by atoms with E-state index in [9.17, 15) is 4.79 Å². The number of aryl methyl sites for hydroxylation is 1. The summed E-state index contributed by atoms with van der Waals surface area (Å²) in [4.78, 5) is 11.5. The van der Waals surface area contributed by atoms with Crippen LogP contribution in [0.5, 0.6) is 5.75 Å². The molecule has 0 heterocycles. The van der Waals surface area contributed by atoms with Gasteiger partial charge in [-0.05, 0) is 34.0 Å². The molecule has 0 radical (unpaired) electrons. The highest BCUT2D eigenvalue weighted by molar-refractivity contribution is 9.10. The number of hydrogen-bond acceptors (Lipinski definition) is 2. The second-order valence-corrected chi connectivity index (χ2v) is 3.83. The topological polar surface area (TPSA) is 26.3 Å². The van der Waals surface area contributed by atoms with Crippen molar-refractivity contribution < 1.29 is 9.53 Å². The van der Waals surface area contributed by atoms with E-state index in [0.717, 1.165) is 27.8 Å². The first kappa shape index (κ1) is 8.75. The van der Waals surface area contributed by atoms with Crippen LogP contribution in [-0.4, -0.2) is 12.9 Å². The van der Waals surface area contributed by atoms with E-state index in [1.807, 2.05) is 12.1 Å². The van der Waals surface area contributed by atoms with Gasteiger partial charge in [0.1, 0.15) is 5.75 Å². The second kappa shape index (κ2) is 3.14. The summed E-state index contributed by atoms with van der Waals surface area (Å²) < 4.78 is 5.92. The Morgan fingerprint density at radius 2 is 2.15 bits per heavy atom. The third-order valence-corrected chi connectivity index (χ3v) is 3.10. The Balaban J connectivity index is 2.63. The average Bonchev–Trinajstić information content (AvgIpc) is 2.49. The predicted molar refractivity (Wildman–Crippen MR) is 53.3 cm³/mol. The van der Waals surface area contributed by atoms with Gasteiger partial charge in [-0.25, -0.2) is 0 Å². The van der Waals surface area contributed by atoms with Gasteiger partial charge in [-0.1, -0.05) is 6.07 Å². The Labute approximate surface area is 85.0 Å². The summed E-state index contributed by atoms with van der Waals surface area (Å²) in [6.07, 6.45) is 1.48. The van der Waals surface area contributed by atoms with E-state index >= 15 is 0 Å². The van der Waals surface area contributed by atoms with Crippen molar-refractivity contribution >= 4 is 21.7 Å². The fourth-order valence-corrected chi connectivity index (χ4v) is 2.41. The quantitative estimate of drug-likeness (QED) is 0.755. The van der Waals surface area contributed by atoms with Crippen molar-refractivity contribution in [1.29, 1.82) is 0 Å². The van der Waals surface area contributed by atoms with Crippen LogP contribution in [0.3, 0.4) is 0 Å². The minimum atomic E-state index is 0.209. The normalized spacial score (nSPS) is 14.5. The van der Waals surface area contributed by atoms with E-state index < -0.39 is 0 Å². The first-order valence-electron chi connectivity index (χ1n) is 4.12. The molecule has 0 amide bonds. The standard InChI is InChI=1S/C10H9BrO2/c1-13-8-5-3-6-2-4-7(12)9(6)10(8)11/h3,5H,2,4H2,1H3. The number of Topliss-reactive ketones (excluding diaryl/α,β-unsaturated/α-hetero) is 1. The molecule has 0 fully saturated rings. The lowest BCUT2D eigenvalue weighted by Crippen LogP contribution is -1.95. The summed E-state index contributed by atoms with van der Waals surface area (Å²) in [6.45, 7) is 0. The zero-order chi connectivity index (χ0) is 9.42. The van der Waals surface area contributed by atoms with Gasteiger partial charge in [0, 0.05) is 12.0 Å². The lowest BCUT2D eigenvalue weighted by molar-refractivity contribution is 0.0993. The molecule has 2 nitrogen and oxygen atoms in total. The fourth-order valence-electron chi connectivity index (χ4n) is 1.64. The van der Waals surface area contributed by atoms with E-state index in [4.69, 9.17) is 4.74 Å². The number of ketones is 1. The Hall–Kier alpha value is -0.830. The third-order valence-electron chi connectivity index (χ3n) is 2.31. The highest BCUT2D eigenvalue weighted by Gasteiger charge is 2.23. The molecule has 0 atom stereocenters. The molecule has 0 N–H and O–H groups in total. The average molecular weight is 241 g/mol.